The minimum atomic E-state index is -0.138. The zero-order valence-electron chi connectivity index (χ0n) is 11.6. The van der Waals surface area contributed by atoms with Gasteiger partial charge < -0.3 is 10.5 Å². The van der Waals surface area contributed by atoms with Crippen molar-refractivity contribution in [3.05, 3.63) is 29.6 Å². The number of nitrogens with two attached hydrogens (primary N) is 1. The summed E-state index contributed by atoms with van der Waals surface area (Å²) in [5, 5.41) is 0.415. The van der Waals surface area contributed by atoms with Gasteiger partial charge >= 0.3 is 0 Å². The number of halogens is 1. The highest BCUT2D eigenvalue weighted by Gasteiger charge is 2.26. The molecule has 0 spiro atoms. The Balaban J connectivity index is 2.16. The van der Waals surface area contributed by atoms with E-state index in [1.807, 2.05) is 13.0 Å². The Morgan fingerprint density at radius 2 is 2.32 bits per heavy atom. The second kappa shape index (κ2) is 6.73. The van der Waals surface area contributed by atoms with Crippen LogP contribution in [-0.4, -0.2) is 24.0 Å². The van der Waals surface area contributed by atoms with Gasteiger partial charge in [-0.2, -0.15) is 0 Å². The molecule has 1 aromatic rings. The summed E-state index contributed by atoms with van der Waals surface area (Å²) in [5.41, 5.74) is 6.74. The van der Waals surface area contributed by atoms with Crippen LogP contribution in [0.3, 0.4) is 0 Å². The van der Waals surface area contributed by atoms with Crippen LogP contribution in [0.25, 0.3) is 0 Å². The molecule has 1 heterocycles. The molecule has 0 aliphatic carbocycles. The fourth-order valence-corrected chi connectivity index (χ4v) is 3.57. The normalized spacial score (nSPS) is 24.6. The quantitative estimate of drug-likeness (QED) is 0.900. The molecule has 1 aliphatic rings. The van der Waals surface area contributed by atoms with Gasteiger partial charge in [-0.25, -0.2) is 4.39 Å². The van der Waals surface area contributed by atoms with Crippen LogP contribution in [0.4, 0.5) is 4.39 Å². The molecule has 2 nitrogen and oxygen atoms in total. The first-order valence-electron chi connectivity index (χ1n) is 6.93. The van der Waals surface area contributed by atoms with Crippen molar-refractivity contribution in [1.29, 1.82) is 0 Å². The molecule has 3 unspecified atom stereocenters. The Morgan fingerprint density at radius 1 is 1.53 bits per heavy atom. The van der Waals surface area contributed by atoms with E-state index in [1.165, 1.54) is 6.07 Å². The standard InChI is InChI=1S/C15H22FNOS/c1-3-11(17)9-12-13(16)5-4-6-15(12)19-14-7-8-18-10(14)2/h4-6,10-11,14H,3,7-9,17H2,1-2H3. The summed E-state index contributed by atoms with van der Waals surface area (Å²) in [7, 11) is 0. The maximum Gasteiger partial charge on any atom is 0.127 e. The summed E-state index contributed by atoms with van der Waals surface area (Å²) in [6.07, 6.45) is 2.73. The molecule has 0 bridgehead atoms. The molecule has 4 heteroatoms. The average Bonchev–Trinajstić information content (AvgIpc) is 2.79. The Morgan fingerprint density at radius 3 is 2.95 bits per heavy atom. The van der Waals surface area contributed by atoms with Gasteiger partial charge in [0, 0.05) is 28.4 Å². The molecule has 0 saturated carbocycles. The number of rotatable bonds is 5. The van der Waals surface area contributed by atoms with E-state index in [0.29, 0.717) is 11.7 Å². The summed E-state index contributed by atoms with van der Waals surface area (Å²) >= 11 is 1.73. The predicted octanol–water partition coefficient (Wildman–Crippen LogP) is 3.38. The molecule has 2 N–H and O–H groups in total. The summed E-state index contributed by atoms with van der Waals surface area (Å²) in [6, 6.07) is 5.32. The van der Waals surface area contributed by atoms with Gasteiger partial charge in [-0.1, -0.05) is 13.0 Å². The second-order valence-electron chi connectivity index (χ2n) is 5.11. The van der Waals surface area contributed by atoms with Crippen molar-refractivity contribution >= 4 is 11.8 Å². The van der Waals surface area contributed by atoms with Gasteiger partial charge in [0.15, 0.2) is 0 Å². The predicted molar refractivity (Wildman–Crippen MR) is 78.0 cm³/mol. The van der Waals surface area contributed by atoms with Gasteiger partial charge in [0.2, 0.25) is 0 Å². The third kappa shape index (κ3) is 3.71. The van der Waals surface area contributed by atoms with Crippen LogP contribution in [0.15, 0.2) is 23.1 Å². The summed E-state index contributed by atoms with van der Waals surface area (Å²) in [5.74, 6) is -0.138. The Hall–Kier alpha value is -0.580. The van der Waals surface area contributed by atoms with Gasteiger partial charge in [0.25, 0.3) is 0 Å². The van der Waals surface area contributed by atoms with Crippen LogP contribution in [-0.2, 0) is 11.2 Å². The molecule has 19 heavy (non-hydrogen) atoms. The average molecular weight is 283 g/mol. The lowest BCUT2D eigenvalue weighted by molar-refractivity contribution is 0.127. The highest BCUT2D eigenvalue weighted by atomic mass is 32.2. The summed E-state index contributed by atoms with van der Waals surface area (Å²) < 4.78 is 19.6. The number of benzene rings is 1. The minimum Gasteiger partial charge on any atom is -0.377 e. The minimum absolute atomic E-state index is 0.0218. The highest BCUT2D eigenvalue weighted by Crippen LogP contribution is 2.35. The molecular weight excluding hydrogens is 261 g/mol. The van der Waals surface area contributed by atoms with Crippen molar-refractivity contribution in [2.45, 2.75) is 55.4 Å². The fraction of sp³-hybridized carbons (Fsp3) is 0.600. The molecule has 1 aliphatic heterocycles. The van der Waals surface area contributed by atoms with E-state index in [9.17, 15) is 4.39 Å². The Kier molecular flexibility index (Phi) is 5.25. The Labute approximate surface area is 118 Å². The second-order valence-corrected chi connectivity index (χ2v) is 6.39. The molecule has 0 radical (unpaired) electrons. The van der Waals surface area contributed by atoms with Gasteiger partial charge in [0.05, 0.1) is 6.10 Å². The molecular formula is C15H22FNOS. The Bertz CT molecular complexity index is 427. The van der Waals surface area contributed by atoms with Gasteiger partial charge in [0.1, 0.15) is 5.82 Å². The number of ether oxygens (including phenoxy) is 1. The lowest BCUT2D eigenvalue weighted by atomic mass is 10.0. The molecule has 3 atom stereocenters. The lowest BCUT2D eigenvalue weighted by Crippen LogP contribution is -2.22. The molecule has 1 aromatic carbocycles. The molecule has 1 saturated heterocycles. The SMILES string of the molecule is CCC(N)Cc1c(F)cccc1SC1CCOC1C. The number of thioether (sulfide) groups is 1. The third-order valence-corrected chi connectivity index (χ3v) is 5.21. The fourth-order valence-electron chi connectivity index (χ4n) is 2.28. The molecule has 106 valence electrons. The van der Waals surface area contributed by atoms with E-state index in [4.69, 9.17) is 10.5 Å². The zero-order chi connectivity index (χ0) is 13.8. The van der Waals surface area contributed by atoms with Crippen LogP contribution in [0.2, 0.25) is 0 Å². The smallest absolute Gasteiger partial charge is 0.127 e. The van der Waals surface area contributed by atoms with E-state index in [1.54, 1.807) is 17.8 Å². The number of hydrogen-bond acceptors (Lipinski definition) is 3. The highest BCUT2D eigenvalue weighted by molar-refractivity contribution is 8.00. The first-order chi connectivity index (χ1) is 9.11. The van der Waals surface area contributed by atoms with E-state index >= 15 is 0 Å². The third-order valence-electron chi connectivity index (χ3n) is 3.65. The van der Waals surface area contributed by atoms with E-state index in [2.05, 4.69) is 6.92 Å². The summed E-state index contributed by atoms with van der Waals surface area (Å²) in [6.45, 7) is 4.92. The molecule has 0 aromatic heterocycles. The van der Waals surface area contributed by atoms with Crippen molar-refractivity contribution in [2.75, 3.05) is 6.61 Å². The zero-order valence-corrected chi connectivity index (χ0v) is 12.4. The van der Waals surface area contributed by atoms with Crippen LogP contribution < -0.4 is 5.73 Å². The molecule has 1 fully saturated rings. The summed E-state index contributed by atoms with van der Waals surface area (Å²) in [4.78, 5) is 1.02. The first-order valence-corrected chi connectivity index (χ1v) is 7.81. The van der Waals surface area contributed by atoms with Gasteiger partial charge in [-0.05, 0) is 38.3 Å². The monoisotopic (exact) mass is 283 g/mol. The van der Waals surface area contributed by atoms with Crippen molar-refractivity contribution in [3.63, 3.8) is 0 Å². The van der Waals surface area contributed by atoms with E-state index in [0.717, 1.165) is 29.9 Å². The lowest BCUT2D eigenvalue weighted by Gasteiger charge is -2.18. The van der Waals surface area contributed by atoms with Gasteiger partial charge in [-0.3, -0.25) is 0 Å². The largest absolute Gasteiger partial charge is 0.377 e. The van der Waals surface area contributed by atoms with Crippen LogP contribution in [0.1, 0.15) is 32.3 Å². The van der Waals surface area contributed by atoms with E-state index < -0.39 is 0 Å². The van der Waals surface area contributed by atoms with Crippen LogP contribution in [0.5, 0.6) is 0 Å². The van der Waals surface area contributed by atoms with Crippen molar-refractivity contribution < 1.29 is 9.13 Å². The maximum absolute atomic E-state index is 14.0. The van der Waals surface area contributed by atoms with Crippen LogP contribution in [0, 0.1) is 5.82 Å². The molecule has 0 amide bonds. The van der Waals surface area contributed by atoms with Crippen LogP contribution >= 0.6 is 11.8 Å². The number of hydrogen-bond donors (Lipinski definition) is 1. The van der Waals surface area contributed by atoms with Crippen molar-refractivity contribution in [2.24, 2.45) is 5.73 Å². The van der Waals surface area contributed by atoms with Crippen molar-refractivity contribution in [1.82, 2.24) is 0 Å². The van der Waals surface area contributed by atoms with E-state index in [-0.39, 0.29) is 18.0 Å². The molecule has 2 rings (SSSR count). The topological polar surface area (TPSA) is 35.2 Å². The van der Waals surface area contributed by atoms with Crippen molar-refractivity contribution in [3.8, 4) is 0 Å². The first kappa shape index (κ1) is 14.8. The van der Waals surface area contributed by atoms with Gasteiger partial charge in [-0.15, -0.1) is 11.8 Å². The maximum atomic E-state index is 14.0.